The van der Waals surface area contributed by atoms with Crippen molar-refractivity contribution in [3.8, 4) is 0 Å². The van der Waals surface area contributed by atoms with Crippen LogP contribution in [-0.4, -0.2) is 94.6 Å². The fourth-order valence-corrected chi connectivity index (χ4v) is 20.6. The molecule has 2 heterocycles. The molecule has 0 N–H and O–H groups in total. The molecule has 15 nitrogen and oxygen atoms in total. The summed E-state index contributed by atoms with van der Waals surface area (Å²) in [6, 6.07) is 36.8. The molecule has 0 spiro atoms. The van der Waals surface area contributed by atoms with Gasteiger partial charge in [0.25, 0.3) is 14.4 Å². The Morgan fingerprint density at radius 2 is 1.11 bits per heavy atom. The van der Waals surface area contributed by atoms with E-state index in [2.05, 4.69) is 86.6 Å². The molecule has 1 fully saturated rings. The van der Waals surface area contributed by atoms with Gasteiger partial charge < -0.3 is 37.3 Å². The number of benzene rings is 4. The first-order valence-corrected chi connectivity index (χ1v) is 28.2. The zero-order valence-electron chi connectivity index (χ0n) is 42.0. The predicted molar refractivity (Wildman–Crippen MR) is 270 cm³/mol. The van der Waals surface area contributed by atoms with Crippen molar-refractivity contribution in [2.75, 3.05) is 13.2 Å². The Morgan fingerprint density at radius 3 is 1.54 bits per heavy atom. The van der Waals surface area contributed by atoms with Crippen molar-refractivity contribution in [3.05, 3.63) is 165 Å². The molecule has 0 aromatic heterocycles. The van der Waals surface area contributed by atoms with Gasteiger partial charge in [-0.1, -0.05) is 184 Å². The van der Waals surface area contributed by atoms with Crippen LogP contribution in [0.3, 0.4) is 0 Å². The number of hydrogen-bond donors (Lipinski definition) is 0. The highest BCUT2D eigenvalue weighted by molar-refractivity contribution is 6.99. The van der Waals surface area contributed by atoms with Crippen molar-refractivity contribution in [2.24, 2.45) is 0 Å². The maximum Gasteiger partial charge on any atom is 0.312 e. The van der Waals surface area contributed by atoms with Crippen LogP contribution in [0, 0.1) is 20.2 Å². The van der Waals surface area contributed by atoms with E-state index in [0.29, 0.717) is 0 Å². The topological polar surface area (TPSA) is 177 Å². The minimum Gasteiger partial charge on any atom is -0.485 e. The molecular weight excluding hydrogens is 929 g/mol. The van der Waals surface area contributed by atoms with E-state index in [1.807, 2.05) is 97.1 Å². The molecule has 70 heavy (non-hydrogen) atoms. The molecule has 2 aliphatic rings. The molecule has 6 rings (SSSR count). The SMILES string of the molecule is CC(=O)O[C@@H]1[C@H](O[C@H]2O[C@H](CO[Si](c3ccccc3)(c3ccccc3)C(C)(C)C)[C@H](OCc3ccccc3)[C@H](OCc3ccccc3)[C@H]2[N+](=O)[O-])C([N+](=O)[O-])=CO[C@@H]1CO[Si](C(C)C)(C(C)C)C(C)C. The molecule has 0 radical (unpaired) electrons. The molecule has 0 unspecified atom stereocenters. The second-order valence-electron chi connectivity index (χ2n) is 20.0. The van der Waals surface area contributed by atoms with Crippen LogP contribution in [0.25, 0.3) is 0 Å². The minimum atomic E-state index is -3.29. The normalized spacial score (nSPS) is 23.2. The van der Waals surface area contributed by atoms with Gasteiger partial charge in [-0.3, -0.25) is 25.0 Å². The smallest absolute Gasteiger partial charge is 0.312 e. The molecule has 0 amide bonds. The standard InChI is InChI=1S/C53H70N2O13Si2/c1-36(2)69(37(3)4,38(5)6)64-34-45-50(66-39(7)56)48(44(33-61-45)54(57)58)68-52-47(55(59)60)51(63-32-41-25-17-12-18-26-41)49(62-31-40-23-15-11-16-24-40)46(67-52)35-65-70(53(8,9)10,42-27-19-13-20-28-42)43-29-21-14-22-30-43/h11-30,33,36-38,45-52H,31-32,34-35H2,1-10H3/t45-,46-,47-,48-,49+,50+,51-,52-/m1/s1. The van der Waals surface area contributed by atoms with Crippen LogP contribution in [0.2, 0.25) is 21.7 Å². The molecule has 4 aromatic carbocycles. The highest BCUT2D eigenvalue weighted by Gasteiger charge is 2.60. The maximum absolute atomic E-state index is 13.7. The monoisotopic (exact) mass is 998 g/mol. The third kappa shape index (κ3) is 12.1. The second kappa shape index (κ2) is 23.9. The fraction of sp³-hybridized carbons (Fsp3) is 0.491. The van der Waals surface area contributed by atoms with Gasteiger partial charge in [-0.25, -0.2) is 0 Å². The Balaban J connectivity index is 1.48. The Labute approximate surface area is 414 Å². The number of ether oxygens (including phenoxy) is 6. The number of nitrogens with zero attached hydrogens (tertiary/aromatic N) is 2. The summed E-state index contributed by atoms with van der Waals surface area (Å²) in [6.07, 6.45) is -8.86. The van der Waals surface area contributed by atoms with Crippen molar-refractivity contribution in [3.63, 3.8) is 0 Å². The third-order valence-corrected chi connectivity index (χ3v) is 24.7. The van der Waals surface area contributed by atoms with Gasteiger partial charge in [0.05, 0.1) is 31.4 Å². The van der Waals surface area contributed by atoms with Gasteiger partial charge in [0.2, 0.25) is 14.6 Å². The second-order valence-corrected chi connectivity index (χ2v) is 29.8. The predicted octanol–water partition coefficient (Wildman–Crippen LogP) is 9.13. The molecule has 17 heteroatoms. The number of rotatable bonds is 22. The van der Waals surface area contributed by atoms with Gasteiger partial charge >= 0.3 is 11.7 Å². The first-order chi connectivity index (χ1) is 33.3. The van der Waals surface area contributed by atoms with E-state index in [-0.39, 0.29) is 43.1 Å². The molecular formula is C53H70N2O13Si2. The summed E-state index contributed by atoms with van der Waals surface area (Å²) >= 11 is 0. The van der Waals surface area contributed by atoms with Crippen LogP contribution in [0.4, 0.5) is 0 Å². The van der Waals surface area contributed by atoms with Gasteiger partial charge in [0.15, 0.2) is 30.7 Å². The molecule has 0 aliphatic carbocycles. The Kier molecular flexibility index (Phi) is 18.5. The number of hydrogen-bond acceptors (Lipinski definition) is 13. The van der Waals surface area contributed by atoms with E-state index in [0.717, 1.165) is 27.8 Å². The lowest BCUT2D eigenvalue weighted by Gasteiger charge is -2.47. The van der Waals surface area contributed by atoms with Crippen LogP contribution in [-0.2, 0) is 55.3 Å². The number of esters is 1. The molecule has 8 atom stereocenters. The van der Waals surface area contributed by atoms with E-state index in [9.17, 15) is 25.0 Å². The summed E-state index contributed by atoms with van der Waals surface area (Å²) < 4.78 is 53.1. The Hall–Kier alpha value is -5.12. The molecule has 1 saturated heterocycles. The van der Waals surface area contributed by atoms with Crippen molar-refractivity contribution in [1.29, 1.82) is 0 Å². The van der Waals surface area contributed by atoms with E-state index in [4.69, 9.17) is 37.3 Å². The summed E-state index contributed by atoms with van der Waals surface area (Å²) in [6.45, 7) is 20.0. The van der Waals surface area contributed by atoms with E-state index < -0.39 is 92.1 Å². The van der Waals surface area contributed by atoms with Gasteiger partial charge in [-0.15, -0.1) is 0 Å². The minimum absolute atomic E-state index is 0.0318. The average Bonchev–Trinajstić information content (AvgIpc) is 3.31. The highest BCUT2D eigenvalue weighted by atomic mass is 28.4. The summed E-state index contributed by atoms with van der Waals surface area (Å²) in [7, 11) is -5.86. The molecule has 378 valence electrons. The maximum atomic E-state index is 13.7. The fourth-order valence-electron chi connectivity index (χ4n) is 10.5. The van der Waals surface area contributed by atoms with Crippen LogP contribution in [0.15, 0.2) is 133 Å². The van der Waals surface area contributed by atoms with E-state index in [1.165, 1.54) is 6.92 Å². The number of carbonyl (C=O) groups is 1. The largest absolute Gasteiger partial charge is 0.485 e. The van der Waals surface area contributed by atoms with E-state index >= 15 is 0 Å². The lowest BCUT2D eigenvalue weighted by atomic mass is 9.96. The van der Waals surface area contributed by atoms with Crippen molar-refractivity contribution in [1.82, 2.24) is 0 Å². The van der Waals surface area contributed by atoms with Crippen LogP contribution >= 0.6 is 0 Å². The third-order valence-electron chi connectivity index (χ3n) is 13.6. The molecule has 2 aliphatic heterocycles. The summed E-state index contributed by atoms with van der Waals surface area (Å²) in [4.78, 5) is 38.4. The highest BCUT2D eigenvalue weighted by Crippen LogP contribution is 2.44. The Bertz CT molecular complexity index is 2270. The summed E-state index contributed by atoms with van der Waals surface area (Å²) in [5, 5.41) is 28.2. The Morgan fingerprint density at radius 1 is 0.657 bits per heavy atom. The van der Waals surface area contributed by atoms with Crippen LogP contribution < -0.4 is 10.4 Å². The van der Waals surface area contributed by atoms with Gasteiger partial charge in [-0.05, 0) is 43.2 Å². The molecule has 4 aromatic rings. The van der Waals surface area contributed by atoms with Crippen molar-refractivity contribution in [2.45, 2.75) is 153 Å². The van der Waals surface area contributed by atoms with Crippen LogP contribution in [0.1, 0.15) is 80.4 Å². The van der Waals surface area contributed by atoms with Crippen molar-refractivity contribution < 1.29 is 51.9 Å². The molecule has 0 saturated carbocycles. The van der Waals surface area contributed by atoms with Gasteiger partial charge in [-0.2, -0.15) is 0 Å². The van der Waals surface area contributed by atoms with Gasteiger partial charge in [0.1, 0.15) is 12.2 Å². The van der Waals surface area contributed by atoms with Gasteiger partial charge in [0, 0.05) is 11.8 Å². The molecule has 0 bridgehead atoms. The summed E-state index contributed by atoms with van der Waals surface area (Å²) in [5.74, 6) is -0.776. The summed E-state index contributed by atoms with van der Waals surface area (Å²) in [5.41, 5.74) is 1.42. The van der Waals surface area contributed by atoms with E-state index in [1.54, 1.807) is 0 Å². The number of nitro groups is 2. The zero-order valence-corrected chi connectivity index (χ0v) is 44.0. The lowest BCUT2D eigenvalue weighted by molar-refractivity contribution is -0.580. The lowest BCUT2D eigenvalue weighted by Crippen LogP contribution is -2.69. The number of carbonyl (C=O) groups excluding carboxylic acids is 1. The quantitative estimate of drug-likeness (QED) is 0.0316. The average molecular weight is 999 g/mol. The first-order valence-electron chi connectivity index (χ1n) is 24.1. The van der Waals surface area contributed by atoms with Crippen LogP contribution in [0.5, 0.6) is 0 Å². The van der Waals surface area contributed by atoms with Crippen molar-refractivity contribution >= 4 is 33.0 Å². The first kappa shape index (κ1) is 54.2. The zero-order chi connectivity index (χ0) is 50.8.